The van der Waals surface area contributed by atoms with Crippen molar-refractivity contribution in [2.45, 2.75) is 6.04 Å². The van der Waals surface area contributed by atoms with Crippen LogP contribution in [0.5, 0.6) is 0 Å². The molecule has 0 fully saturated rings. The van der Waals surface area contributed by atoms with Crippen molar-refractivity contribution < 1.29 is 0 Å². The molecule has 1 atom stereocenters. The van der Waals surface area contributed by atoms with E-state index in [1.54, 1.807) is 0 Å². The highest BCUT2D eigenvalue weighted by Gasteiger charge is 2.22. The molecule has 0 aliphatic carbocycles. The van der Waals surface area contributed by atoms with Gasteiger partial charge < -0.3 is 5.32 Å². The molecule has 0 spiro atoms. The number of pyridine rings is 1. The van der Waals surface area contributed by atoms with Gasteiger partial charge in [-0.25, -0.2) is 9.98 Å². The van der Waals surface area contributed by atoms with E-state index in [1.165, 1.54) is 71.3 Å². The van der Waals surface area contributed by atoms with E-state index in [0.717, 1.165) is 33.7 Å². The summed E-state index contributed by atoms with van der Waals surface area (Å²) in [6, 6.07) is 73.7. The van der Waals surface area contributed by atoms with Gasteiger partial charge in [-0.1, -0.05) is 182 Å². The average Bonchev–Trinajstić information content (AvgIpc) is 3.30. The second-order valence-corrected chi connectivity index (χ2v) is 15.0. The molecule has 3 nitrogen and oxygen atoms in total. The number of aromatic nitrogens is 1. The smallest absolute Gasteiger partial charge is 0.134 e. The molecule has 0 radical (unpaired) electrons. The van der Waals surface area contributed by atoms with Gasteiger partial charge in [-0.05, 0) is 85.3 Å². The van der Waals surface area contributed by atoms with Crippen molar-refractivity contribution in [3.8, 4) is 33.4 Å². The summed E-state index contributed by atoms with van der Waals surface area (Å²) in [5.41, 5.74) is 13.5. The molecule has 1 aromatic heterocycles. The Kier molecular flexibility index (Phi) is 8.22. The highest BCUT2D eigenvalue weighted by molar-refractivity contribution is 6.10. The number of aliphatic imine (C=N–C) groups is 1. The van der Waals surface area contributed by atoms with Crippen LogP contribution in [0.3, 0.4) is 0 Å². The number of benzene rings is 9. The Morgan fingerprint density at radius 3 is 1.60 bits per heavy atom. The molecule has 2 heterocycles. The Hall–Kier alpha value is -7.62. The van der Waals surface area contributed by atoms with E-state index < -0.39 is 0 Å². The largest absolute Gasteiger partial charge is 0.359 e. The summed E-state index contributed by atoms with van der Waals surface area (Å²) < 4.78 is 0. The Labute approximate surface area is 337 Å². The summed E-state index contributed by atoms with van der Waals surface area (Å²) in [6.07, 6.45) is 2.27. The van der Waals surface area contributed by atoms with E-state index in [9.17, 15) is 0 Å². The van der Waals surface area contributed by atoms with E-state index in [2.05, 4.69) is 218 Å². The van der Waals surface area contributed by atoms with E-state index >= 15 is 0 Å². The normalized spacial score (nSPS) is 14.0. The predicted molar refractivity (Wildman–Crippen MR) is 244 cm³/mol. The van der Waals surface area contributed by atoms with Crippen LogP contribution in [-0.2, 0) is 0 Å². The van der Waals surface area contributed by atoms with Gasteiger partial charge in [0.2, 0.25) is 0 Å². The predicted octanol–water partition coefficient (Wildman–Crippen LogP) is 13.8. The summed E-state index contributed by atoms with van der Waals surface area (Å²) >= 11 is 0. The van der Waals surface area contributed by atoms with Crippen LogP contribution in [-0.4, -0.2) is 10.8 Å². The highest BCUT2D eigenvalue weighted by atomic mass is 15.0. The van der Waals surface area contributed by atoms with Crippen LogP contribution in [0.1, 0.15) is 22.7 Å². The molecule has 1 aliphatic rings. The third kappa shape index (κ3) is 6.10. The second-order valence-electron chi connectivity index (χ2n) is 15.0. The van der Waals surface area contributed by atoms with Crippen molar-refractivity contribution in [3.05, 3.63) is 229 Å². The molecule has 0 amide bonds. The van der Waals surface area contributed by atoms with Crippen molar-refractivity contribution in [3.63, 3.8) is 0 Å². The number of amidine groups is 1. The minimum atomic E-state index is -0.0634. The SMILES string of the molecule is C1=C(c2ccc3cc(-c4ccc(-c5c6ccccc6nc6ccccc56)cc4)ccc3c2)N=C(c2ccc(-c3ccccc3)cc2)NC1c1cccc2ccccc12. The van der Waals surface area contributed by atoms with E-state index in [-0.39, 0.29) is 6.04 Å². The third-order valence-electron chi connectivity index (χ3n) is 11.5. The first-order chi connectivity index (χ1) is 28.7. The van der Waals surface area contributed by atoms with Crippen LogP contribution in [0.15, 0.2) is 217 Å². The number of nitrogens with one attached hydrogen (secondary N) is 1. The van der Waals surface area contributed by atoms with Crippen LogP contribution >= 0.6 is 0 Å². The van der Waals surface area contributed by atoms with Gasteiger partial charge in [0.25, 0.3) is 0 Å². The van der Waals surface area contributed by atoms with Crippen LogP contribution in [0.2, 0.25) is 0 Å². The van der Waals surface area contributed by atoms with Gasteiger partial charge in [0, 0.05) is 27.5 Å². The lowest BCUT2D eigenvalue weighted by molar-refractivity contribution is 0.787. The first-order valence-electron chi connectivity index (χ1n) is 19.8. The molecule has 1 N–H and O–H groups in total. The summed E-state index contributed by atoms with van der Waals surface area (Å²) in [4.78, 5) is 10.2. The average molecular weight is 740 g/mol. The molecule has 0 saturated heterocycles. The first-order valence-corrected chi connectivity index (χ1v) is 19.8. The summed E-state index contributed by atoms with van der Waals surface area (Å²) in [7, 11) is 0. The maximum Gasteiger partial charge on any atom is 0.134 e. The molecule has 9 aromatic carbocycles. The Morgan fingerprint density at radius 2 is 0.879 bits per heavy atom. The first kappa shape index (κ1) is 33.7. The molecule has 1 aliphatic heterocycles. The fraction of sp³-hybridized carbons (Fsp3) is 0.0182. The third-order valence-corrected chi connectivity index (χ3v) is 11.5. The maximum absolute atomic E-state index is 5.29. The number of para-hydroxylation sites is 2. The van der Waals surface area contributed by atoms with Crippen LogP contribution in [0.4, 0.5) is 0 Å². The van der Waals surface area contributed by atoms with E-state index in [4.69, 9.17) is 9.98 Å². The lowest BCUT2D eigenvalue weighted by Crippen LogP contribution is -2.31. The van der Waals surface area contributed by atoms with Gasteiger partial charge in [-0.2, -0.15) is 0 Å². The fourth-order valence-electron chi connectivity index (χ4n) is 8.55. The molecule has 58 heavy (non-hydrogen) atoms. The molecule has 10 aromatic rings. The van der Waals surface area contributed by atoms with E-state index in [1.807, 2.05) is 0 Å². The standard InChI is InChI=1S/C55H37N3/c1-2-11-36(12-3-1)37-23-27-41(28-24-37)55-57-52(35-53(58-55)47-18-10-14-39-13-4-5-15-46(39)47)45-32-31-43-33-42(29-30-44(43)34-45)38-21-25-40(26-22-38)54-48-16-6-8-19-50(48)56-51-20-9-7-17-49(51)54/h1-35,53H,(H,57,58). The lowest BCUT2D eigenvalue weighted by Gasteiger charge is -2.25. The summed E-state index contributed by atoms with van der Waals surface area (Å²) in [5, 5.41) is 11.0. The van der Waals surface area contributed by atoms with Crippen molar-refractivity contribution in [2.24, 2.45) is 4.99 Å². The van der Waals surface area contributed by atoms with E-state index in [0.29, 0.717) is 0 Å². The molecular weight excluding hydrogens is 703 g/mol. The minimum Gasteiger partial charge on any atom is -0.359 e. The van der Waals surface area contributed by atoms with Gasteiger partial charge in [-0.3, -0.25) is 0 Å². The number of rotatable bonds is 6. The summed E-state index contributed by atoms with van der Waals surface area (Å²) in [6.45, 7) is 0. The molecule has 0 saturated carbocycles. The Morgan fingerprint density at radius 1 is 0.362 bits per heavy atom. The zero-order valence-corrected chi connectivity index (χ0v) is 31.7. The maximum atomic E-state index is 5.29. The number of nitrogens with zero attached hydrogens (tertiary/aromatic N) is 2. The topological polar surface area (TPSA) is 37.3 Å². The molecular formula is C55H37N3. The number of fused-ring (bicyclic) bond motifs is 4. The minimum absolute atomic E-state index is 0.0634. The molecule has 11 rings (SSSR count). The monoisotopic (exact) mass is 739 g/mol. The molecule has 272 valence electrons. The Bertz CT molecular complexity index is 3170. The van der Waals surface area contributed by atoms with Gasteiger partial charge in [0.15, 0.2) is 0 Å². The lowest BCUT2D eigenvalue weighted by atomic mass is 9.93. The van der Waals surface area contributed by atoms with Crippen molar-refractivity contribution in [1.29, 1.82) is 0 Å². The van der Waals surface area contributed by atoms with Gasteiger partial charge in [0.1, 0.15) is 5.84 Å². The number of hydrogen-bond acceptors (Lipinski definition) is 3. The Balaban J connectivity index is 0.944. The van der Waals surface area contributed by atoms with Crippen LogP contribution < -0.4 is 5.32 Å². The molecule has 0 bridgehead atoms. The zero-order valence-electron chi connectivity index (χ0n) is 31.7. The fourth-order valence-corrected chi connectivity index (χ4v) is 8.55. The molecule has 1 unspecified atom stereocenters. The van der Waals surface area contributed by atoms with Crippen molar-refractivity contribution in [1.82, 2.24) is 10.3 Å². The highest BCUT2D eigenvalue weighted by Crippen LogP contribution is 2.37. The van der Waals surface area contributed by atoms with Crippen molar-refractivity contribution in [2.75, 3.05) is 0 Å². The van der Waals surface area contributed by atoms with Crippen LogP contribution in [0.25, 0.3) is 82.4 Å². The quantitative estimate of drug-likeness (QED) is 0.172. The van der Waals surface area contributed by atoms with Crippen LogP contribution in [0, 0.1) is 0 Å². The number of hydrogen-bond donors (Lipinski definition) is 1. The zero-order chi connectivity index (χ0) is 38.4. The van der Waals surface area contributed by atoms with Crippen molar-refractivity contribution >= 4 is 54.9 Å². The summed E-state index contributed by atoms with van der Waals surface area (Å²) in [5.74, 6) is 0.863. The molecule has 3 heteroatoms. The second kappa shape index (κ2) is 14.1. The van der Waals surface area contributed by atoms with Gasteiger partial charge in [-0.15, -0.1) is 0 Å². The van der Waals surface area contributed by atoms with Gasteiger partial charge in [0.05, 0.1) is 22.8 Å². The van der Waals surface area contributed by atoms with Gasteiger partial charge >= 0.3 is 0 Å².